The van der Waals surface area contributed by atoms with Crippen LogP contribution in [0.15, 0.2) is 24.3 Å². The summed E-state index contributed by atoms with van der Waals surface area (Å²) >= 11 is 0. The van der Waals surface area contributed by atoms with Gasteiger partial charge in [-0.3, -0.25) is 0 Å². The maximum absolute atomic E-state index is 11.4. The first-order valence-corrected chi connectivity index (χ1v) is 8.25. The Kier molecular flexibility index (Phi) is 5.82. The van der Waals surface area contributed by atoms with E-state index in [-0.39, 0.29) is 17.5 Å². The molecule has 3 nitrogen and oxygen atoms in total. The Hall–Kier alpha value is -0.870. The molecule has 1 aromatic rings. The van der Waals surface area contributed by atoms with Gasteiger partial charge in [0, 0.05) is 11.8 Å². The molecule has 1 unspecified atom stereocenters. The Balaban J connectivity index is 2.55. The molecule has 0 saturated carbocycles. The lowest BCUT2D eigenvalue weighted by Crippen LogP contribution is -2.18. The minimum atomic E-state index is -2.84. The van der Waals surface area contributed by atoms with Gasteiger partial charge in [0.15, 0.2) is 0 Å². The van der Waals surface area contributed by atoms with E-state index in [1.165, 1.54) is 11.1 Å². The van der Waals surface area contributed by atoms with E-state index in [9.17, 15) is 8.42 Å². The first-order chi connectivity index (χ1) is 8.48. The van der Waals surface area contributed by atoms with Gasteiger partial charge in [-0.25, -0.2) is 8.42 Å². The van der Waals surface area contributed by atoms with E-state index in [1.807, 2.05) is 7.05 Å². The second kappa shape index (κ2) is 6.90. The van der Waals surface area contributed by atoms with Gasteiger partial charge in [-0.2, -0.15) is 0 Å². The quantitative estimate of drug-likeness (QED) is 0.827. The van der Waals surface area contributed by atoms with Gasteiger partial charge in [0.1, 0.15) is 9.84 Å². The molecule has 0 spiro atoms. The number of nitrogens with one attached hydrogen (secondary N) is 1. The van der Waals surface area contributed by atoms with Gasteiger partial charge in [0.05, 0.1) is 5.75 Å². The van der Waals surface area contributed by atoms with Gasteiger partial charge in [-0.15, -0.1) is 0 Å². The summed E-state index contributed by atoms with van der Waals surface area (Å²) in [5, 5.41) is 3.25. The molecule has 0 fully saturated rings. The van der Waals surface area contributed by atoms with Gasteiger partial charge in [-0.05, 0) is 32.4 Å². The molecule has 1 N–H and O–H groups in total. The Morgan fingerprint density at radius 2 is 1.83 bits per heavy atom. The third-order valence-electron chi connectivity index (χ3n) is 3.22. The Morgan fingerprint density at radius 1 is 1.22 bits per heavy atom. The number of hydrogen-bond donors (Lipinski definition) is 1. The summed E-state index contributed by atoms with van der Waals surface area (Å²) in [7, 11) is -0.925. The molecule has 0 bridgehead atoms. The van der Waals surface area contributed by atoms with E-state index in [0.29, 0.717) is 6.42 Å². The molecule has 102 valence electrons. The molecule has 0 aliphatic carbocycles. The Labute approximate surface area is 111 Å². The van der Waals surface area contributed by atoms with Crippen molar-refractivity contribution in [3.8, 4) is 0 Å². The van der Waals surface area contributed by atoms with E-state index < -0.39 is 9.84 Å². The number of rotatable bonds is 7. The van der Waals surface area contributed by atoms with Crippen LogP contribution in [0, 0.1) is 6.92 Å². The lowest BCUT2D eigenvalue weighted by atomic mass is 10.0. The number of hydrogen-bond acceptors (Lipinski definition) is 3. The predicted octanol–water partition coefficient (Wildman–Crippen LogP) is 2.47. The minimum Gasteiger partial charge on any atom is -0.313 e. The summed E-state index contributed by atoms with van der Waals surface area (Å²) in [6.45, 7) is 3.76. The van der Waals surface area contributed by atoms with Gasteiger partial charge < -0.3 is 5.32 Å². The highest BCUT2D eigenvalue weighted by Crippen LogP contribution is 2.19. The number of benzene rings is 1. The van der Waals surface area contributed by atoms with Crippen LogP contribution in [0.3, 0.4) is 0 Å². The lowest BCUT2D eigenvalue weighted by molar-refractivity contribution is 0.535. The van der Waals surface area contributed by atoms with Crippen LogP contribution in [0.4, 0.5) is 0 Å². The van der Waals surface area contributed by atoms with Crippen molar-refractivity contribution in [1.29, 1.82) is 0 Å². The van der Waals surface area contributed by atoms with Crippen molar-refractivity contribution in [1.82, 2.24) is 5.32 Å². The van der Waals surface area contributed by atoms with Crippen molar-refractivity contribution in [3.05, 3.63) is 35.4 Å². The second-order valence-corrected chi connectivity index (χ2v) is 7.10. The summed E-state index contributed by atoms with van der Waals surface area (Å²) in [5.41, 5.74) is 2.46. The largest absolute Gasteiger partial charge is 0.313 e. The van der Waals surface area contributed by atoms with Crippen LogP contribution >= 0.6 is 0 Å². The van der Waals surface area contributed by atoms with Crippen molar-refractivity contribution in [3.63, 3.8) is 0 Å². The van der Waals surface area contributed by atoms with E-state index in [1.54, 1.807) is 6.92 Å². The molecule has 4 heteroatoms. The topological polar surface area (TPSA) is 46.2 Å². The predicted molar refractivity (Wildman–Crippen MR) is 76.5 cm³/mol. The highest BCUT2D eigenvalue weighted by Gasteiger charge is 2.12. The van der Waals surface area contributed by atoms with E-state index in [0.717, 1.165) is 6.42 Å². The fourth-order valence-corrected chi connectivity index (χ4v) is 2.82. The minimum absolute atomic E-state index is 0.234. The summed E-state index contributed by atoms with van der Waals surface area (Å²) in [6, 6.07) is 8.61. The number of aryl methyl sites for hydroxylation is 1. The average Bonchev–Trinajstić information content (AvgIpc) is 2.36. The molecule has 0 aliphatic heterocycles. The normalized spacial score (nSPS) is 13.5. The molecular weight excluding hydrogens is 246 g/mol. The van der Waals surface area contributed by atoms with Gasteiger partial charge >= 0.3 is 0 Å². The van der Waals surface area contributed by atoms with E-state index >= 15 is 0 Å². The molecular formula is C14H23NO2S. The Bertz CT molecular complexity index is 451. The molecule has 0 amide bonds. The lowest BCUT2D eigenvalue weighted by Gasteiger charge is -2.16. The zero-order valence-electron chi connectivity index (χ0n) is 11.4. The van der Waals surface area contributed by atoms with Crippen LogP contribution < -0.4 is 5.32 Å². The van der Waals surface area contributed by atoms with Crippen molar-refractivity contribution in [2.75, 3.05) is 18.6 Å². The second-order valence-electron chi connectivity index (χ2n) is 4.63. The first-order valence-electron chi connectivity index (χ1n) is 6.42. The smallest absolute Gasteiger partial charge is 0.150 e. The van der Waals surface area contributed by atoms with Crippen LogP contribution in [0.1, 0.15) is 36.9 Å². The van der Waals surface area contributed by atoms with Crippen molar-refractivity contribution in [2.45, 2.75) is 32.7 Å². The summed E-state index contributed by atoms with van der Waals surface area (Å²) in [6.07, 6.45) is 1.55. The van der Waals surface area contributed by atoms with Crippen LogP contribution in [0.25, 0.3) is 0 Å². The highest BCUT2D eigenvalue weighted by atomic mass is 32.2. The molecule has 1 atom stereocenters. The van der Waals surface area contributed by atoms with Gasteiger partial charge in [0.2, 0.25) is 0 Å². The SMILES string of the molecule is CCS(=O)(=O)CCCC(NC)c1ccc(C)cc1. The third-order valence-corrected chi connectivity index (χ3v) is 5.01. The molecule has 0 aromatic heterocycles. The first kappa shape index (κ1) is 15.2. The summed E-state index contributed by atoms with van der Waals surface area (Å²) in [4.78, 5) is 0. The fourth-order valence-electron chi connectivity index (χ4n) is 1.93. The van der Waals surface area contributed by atoms with Crippen molar-refractivity contribution >= 4 is 9.84 Å². The van der Waals surface area contributed by atoms with Crippen molar-refractivity contribution < 1.29 is 8.42 Å². The average molecular weight is 269 g/mol. The maximum Gasteiger partial charge on any atom is 0.150 e. The van der Waals surface area contributed by atoms with E-state index in [2.05, 4.69) is 36.5 Å². The molecule has 0 heterocycles. The number of sulfone groups is 1. The van der Waals surface area contributed by atoms with Crippen molar-refractivity contribution in [2.24, 2.45) is 0 Å². The summed E-state index contributed by atoms with van der Waals surface area (Å²) in [5.74, 6) is 0.523. The zero-order chi connectivity index (χ0) is 13.6. The maximum atomic E-state index is 11.4. The highest BCUT2D eigenvalue weighted by molar-refractivity contribution is 7.91. The van der Waals surface area contributed by atoms with Gasteiger partial charge in [0.25, 0.3) is 0 Å². The van der Waals surface area contributed by atoms with Crippen LogP contribution in [0.5, 0.6) is 0 Å². The molecule has 0 radical (unpaired) electrons. The third kappa shape index (κ3) is 4.78. The van der Waals surface area contributed by atoms with Crippen LogP contribution in [-0.4, -0.2) is 27.0 Å². The molecule has 18 heavy (non-hydrogen) atoms. The summed E-state index contributed by atoms with van der Waals surface area (Å²) < 4.78 is 22.9. The van der Waals surface area contributed by atoms with Gasteiger partial charge in [-0.1, -0.05) is 36.8 Å². The van der Waals surface area contributed by atoms with E-state index in [4.69, 9.17) is 0 Å². The standard InChI is InChI=1S/C14H23NO2S/c1-4-18(16,17)11-5-6-14(15-3)13-9-7-12(2)8-10-13/h7-10,14-15H,4-6,11H2,1-3H3. The molecule has 1 rings (SSSR count). The van der Waals surface area contributed by atoms with Crippen LogP contribution in [0.2, 0.25) is 0 Å². The van der Waals surface area contributed by atoms with Crippen LogP contribution in [-0.2, 0) is 9.84 Å². The molecule has 0 saturated heterocycles. The fraction of sp³-hybridized carbons (Fsp3) is 0.571. The molecule has 1 aromatic carbocycles. The molecule has 0 aliphatic rings. The monoisotopic (exact) mass is 269 g/mol. The Morgan fingerprint density at radius 3 is 2.33 bits per heavy atom. The zero-order valence-corrected chi connectivity index (χ0v) is 12.3.